The Morgan fingerprint density at radius 2 is 2.21 bits per heavy atom. The van der Waals surface area contributed by atoms with Crippen molar-refractivity contribution in [1.82, 2.24) is 25.6 Å². The van der Waals surface area contributed by atoms with Gasteiger partial charge in [-0.15, -0.1) is 5.10 Å². The van der Waals surface area contributed by atoms with Gasteiger partial charge in [-0.25, -0.2) is 4.68 Å². The minimum atomic E-state index is -0.564. The van der Waals surface area contributed by atoms with Crippen LogP contribution in [0.2, 0.25) is 0 Å². The van der Waals surface area contributed by atoms with Crippen LogP contribution in [0.4, 0.5) is 0 Å². The van der Waals surface area contributed by atoms with E-state index in [0.29, 0.717) is 6.42 Å². The number of para-hydroxylation sites is 1. The molecule has 6 nitrogen and oxygen atoms in total. The molecule has 7 heteroatoms. The monoisotopic (exact) mass is 345 g/mol. The Morgan fingerprint density at radius 1 is 1.42 bits per heavy atom. The molecule has 1 aromatic heterocycles. The lowest BCUT2D eigenvalue weighted by Crippen LogP contribution is -2.46. The maximum absolute atomic E-state index is 12.4. The first-order valence-electron chi connectivity index (χ1n) is 8.15. The molecule has 1 aromatic carbocycles. The molecule has 1 aliphatic heterocycles. The van der Waals surface area contributed by atoms with Gasteiger partial charge in [-0.05, 0) is 26.0 Å². The quantitative estimate of drug-likeness (QED) is 0.863. The zero-order valence-corrected chi connectivity index (χ0v) is 14.8. The van der Waals surface area contributed by atoms with Crippen molar-refractivity contribution in [3.63, 3.8) is 0 Å². The van der Waals surface area contributed by atoms with Gasteiger partial charge in [-0.1, -0.05) is 23.4 Å². The van der Waals surface area contributed by atoms with Gasteiger partial charge in [0.15, 0.2) is 0 Å². The minimum Gasteiger partial charge on any atom is -0.345 e. The van der Waals surface area contributed by atoms with E-state index in [0.717, 1.165) is 29.4 Å². The van der Waals surface area contributed by atoms with Crippen molar-refractivity contribution >= 4 is 17.7 Å². The van der Waals surface area contributed by atoms with E-state index in [2.05, 4.69) is 20.9 Å². The van der Waals surface area contributed by atoms with E-state index in [-0.39, 0.29) is 11.9 Å². The zero-order chi connectivity index (χ0) is 17.0. The highest BCUT2D eigenvalue weighted by molar-refractivity contribution is 7.99. The molecule has 1 fully saturated rings. The molecule has 0 radical (unpaired) electrons. The highest BCUT2D eigenvalue weighted by Gasteiger charge is 2.28. The molecule has 0 saturated carbocycles. The van der Waals surface area contributed by atoms with Crippen LogP contribution in [0.1, 0.15) is 26.0 Å². The number of rotatable bonds is 5. The molecule has 1 unspecified atom stereocenters. The molecular formula is C17H23N5OS. The highest BCUT2D eigenvalue weighted by Crippen LogP contribution is 2.19. The summed E-state index contributed by atoms with van der Waals surface area (Å²) in [6.07, 6.45) is 2.35. The predicted octanol–water partition coefficient (Wildman–Crippen LogP) is 1.71. The minimum absolute atomic E-state index is 0.0364. The highest BCUT2D eigenvalue weighted by atomic mass is 32.2. The second-order valence-electron chi connectivity index (χ2n) is 6.49. The van der Waals surface area contributed by atoms with E-state index >= 15 is 0 Å². The molecule has 128 valence electrons. The van der Waals surface area contributed by atoms with Gasteiger partial charge in [0.1, 0.15) is 5.69 Å². The van der Waals surface area contributed by atoms with Crippen molar-refractivity contribution in [2.75, 3.05) is 18.1 Å². The number of carbonyl (C=O) groups excluding carboxylic acids is 1. The smallest absolute Gasteiger partial charge is 0.222 e. The molecule has 1 atom stereocenters. The van der Waals surface area contributed by atoms with Crippen LogP contribution in [0, 0.1) is 0 Å². The van der Waals surface area contributed by atoms with Crippen molar-refractivity contribution in [3.05, 3.63) is 42.2 Å². The van der Waals surface area contributed by atoms with Crippen molar-refractivity contribution in [2.45, 2.75) is 31.8 Å². The third-order valence-electron chi connectivity index (χ3n) is 4.04. The maximum Gasteiger partial charge on any atom is 0.222 e. The average molecular weight is 345 g/mol. The molecule has 24 heavy (non-hydrogen) atoms. The van der Waals surface area contributed by atoms with E-state index < -0.39 is 5.54 Å². The normalized spacial score (nSPS) is 18.3. The third-order valence-corrected chi connectivity index (χ3v) is 5.17. The molecule has 0 aliphatic carbocycles. The maximum atomic E-state index is 12.4. The largest absolute Gasteiger partial charge is 0.345 e. The van der Waals surface area contributed by atoms with Crippen LogP contribution in [0.25, 0.3) is 5.69 Å². The number of hydrogen-bond donors (Lipinski definition) is 2. The van der Waals surface area contributed by atoms with Gasteiger partial charge in [0, 0.05) is 30.5 Å². The first kappa shape index (κ1) is 17.0. The second kappa shape index (κ2) is 7.36. The summed E-state index contributed by atoms with van der Waals surface area (Å²) in [5, 5.41) is 14.9. The molecular weight excluding hydrogens is 322 g/mol. The number of nitrogens with zero attached hydrogens (tertiary/aromatic N) is 3. The lowest BCUT2D eigenvalue weighted by molar-refractivity contribution is -0.123. The van der Waals surface area contributed by atoms with Crippen LogP contribution in [-0.4, -0.2) is 45.0 Å². The van der Waals surface area contributed by atoms with Gasteiger partial charge in [-0.2, -0.15) is 11.8 Å². The SMILES string of the molecule is CC(C)(NC(=O)CC1CSCCN1)c1cn(-c2ccccc2)nn1. The Bertz CT molecular complexity index is 679. The Labute approximate surface area is 146 Å². The van der Waals surface area contributed by atoms with E-state index in [1.807, 2.05) is 62.1 Å². The number of aromatic nitrogens is 3. The van der Waals surface area contributed by atoms with Crippen molar-refractivity contribution in [3.8, 4) is 5.69 Å². The summed E-state index contributed by atoms with van der Waals surface area (Å²) >= 11 is 1.89. The van der Waals surface area contributed by atoms with E-state index in [1.54, 1.807) is 4.68 Å². The summed E-state index contributed by atoms with van der Waals surface area (Å²) in [7, 11) is 0. The number of nitrogens with one attached hydrogen (secondary N) is 2. The molecule has 0 spiro atoms. The summed E-state index contributed by atoms with van der Waals surface area (Å²) < 4.78 is 1.72. The summed E-state index contributed by atoms with van der Waals surface area (Å²) in [4.78, 5) is 12.4. The predicted molar refractivity (Wildman–Crippen MR) is 96.3 cm³/mol. The van der Waals surface area contributed by atoms with Crippen molar-refractivity contribution in [1.29, 1.82) is 0 Å². The van der Waals surface area contributed by atoms with Crippen LogP contribution in [0.3, 0.4) is 0 Å². The van der Waals surface area contributed by atoms with Crippen LogP contribution in [0.5, 0.6) is 0 Å². The molecule has 1 amide bonds. The number of carbonyl (C=O) groups is 1. The topological polar surface area (TPSA) is 71.8 Å². The van der Waals surface area contributed by atoms with Crippen LogP contribution >= 0.6 is 11.8 Å². The van der Waals surface area contributed by atoms with Gasteiger partial charge >= 0.3 is 0 Å². The van der Waals surface area contributed by atoms with Gasteiger partial charge < -0.3 is 10.6 Å². The molecule has 2 aromatic rings. The molecule has 1 aliphatic rings. The molecule has 2 heterocycles. The van der Waals surface area contributed by atoms with Crippen LogP contribution in [0.15, 0.2) is 36.5 Å². The van der Waals surface area contributed by atoms with E-state index in [4.69, 9.17) is 0 Å². The van der Waals surface area contributed by atoms with E-state index in [9.17, 15) is 4.79 Å². The fraction of sp³-hybridized carbons (Fsp3) is 0.471. The first-order chi connectivity index (χ1) is 11.5. The van der Waals surface area contributed by atoms with E-state index in [1.165, 1.54) is 0 Å². The standard InChI is InChI=1S/C17H23N5OS/c1-17(2,19-16(23)10-13-12-24-9-8-18-13)15-11-22(21-20-15)14-6-4-3-5-7-14/h3-7,11,13,18H,8-10,12H2,1-2H3,(H,19,23). The van der Waals surface area contributed by atoms with Gasteiger partial charge in [0.25, 0.3) is 0 Å². The average Bonchev–Trinajstić information content (AvgIpc) is 3.07. The fourth-order valence-electron chi connectivity index (χ4n) is 2.70. The fourth-order valence-corrected chi connectivity index (χ4v) is 3.64. The van der Waals surface area contributed by atoms with Crippen molar-refractivity contribution in [2.24, 2.45) is 0 Å². The molecule has 1 saturated heterocycles. The number of benzene rings is 1. The van der Waals surface area contributed by atoms with Gasteiger partial charge in [0.05, 0.1) is 17.4 Å². The Balaban J connectivity index is 1.64. The second-order valence-corrected chi connectivity index (χ2v) is 7.64. The lowest BCUT2D eigenvalue weighted by atomic mass is 10.0. The Hall–Kier alpha value is -1.86. The first-order valence-corrected chi connectivity index (χ1v) is 9.30. The third kappa shape index (κ3) is 4.15. The molecule has 0 bridgehead atoms. The zero-order valence-electron chi connectivity index (χ0n) is 14.0. The summed E-state index contributed by atoms with van der Waals surface area (Å²) in [6, 6.07) is 10.1. The molecule has 2 N–H and O–H groups in total. The van der Waals surface area contributed by atoms with Gasteiger partial charge in [-0.3, -0.25) is 4.79 Å². The van der Waals surface area contributed by atoms with Crippen LogP contribution < -0.4 is 10.6 Å². The summed E-state index contributed by atoms with van der Waals surface area (Å²) in [6.45, 7) is 4.87. The number of amides is 1. The van der Waals surface area contributed by atoms with Gasteiger partial charge in [0.2, 0.25) is 5.91 Å². The molecule has 3 rings (SSSR count). The lowest BCUT2D eigenvalue weighted by Gasteiger charge is -2.27. The Morgan fingerprint density at radius 3 is 2.92 bits per heavy atom. The summed E-state index contributed by atoms with van der Waals surface area (Å²) in [5.41, 5.74) is 1.12. The van der Waals surface area contributed by atoms with Crippen LogP contribution in [-0.2, 0) is 10.3 Å². The Kier molecular flexibility index (Phi) is 5.20. The van der Waals surface area contributed by atoms with Crippen molar-refractivity contribution < 1.29 is 4.79 Å². The summed E-state index contributed by atoms with van der Waals surface area (Å²) in [5.74, 6) is 2.14. The number of thioether (sulfide) groups is 1. The number of hydrogen-bond acceptors (Lipinski definition) is 5.